The van der Waals surface area contributed by atoms with Crippen LogP contribution in [0, 0.1) is 0 Å². The van der Waals surface area contributed by atoms with Crippen LogP contribution in [0.1, 0.15) is 0 Å². The van der Waals surface area contributed by atoms with Crippen LogP contribution in [0.4, 0.5) is 0 Å². The summed E-state index contributed by atoms with van der Waals surface area (Å²) < 4.78 is 0. The molecule has 0 saturated carbocycles. The Morgan fingerprint density at radius 3 is 2.67 bits per heavy atom. The van der Waals surface area contributed by atoms with Crippen molar-refractivity contribution in [3.63, 3.8) is 0 Å². The molecule has 3 nitrogen and oxygen atoms in total. The molecule has 0 fully saturated rings. The summed E-state index contributed by atoms with van der Waals surface area (Å²) in [6, 6.07) is 0. The number of nitrogens with zero attached hydrogens (tertiary/aromatic N) is 1. The smallest absolute Gasteiger partial charge is 0.335 e. The third kappa shape index (κ3) is 4.46. The van der Waals surface area contributed by atoms with Crippen LogP contribution in [0.25, 0.3) is 0 Å². The van der Waals surface area contributed by atoms with Crippen LogP contribution in [-0.4, -0.2) is 17.3 Å². The lowest BCUT2D eigenvalue weighted by molar-refractivity contribution is -0.132. The first kappa shape index (κ1) is 10.7. The molecule has 0 aliphatic rings. The Hall–Kier alpha value is -1.35. The Morgan fingerprint density at radius 1 is 1.58 bits per heavy atom. The summed E-state index contributed by atoms with van der Waals surface area (Å²) in [5, 5.41) is 8.54. The Morgan fingerprint density at radius 2 is 2.25 bits per heavy atom. The number of carboxylic acid groups (broad SMARTS) is 1. The summed E-state index contributed by atoms with van der Waals surface area (Å²) in [4.78, 5) is 14.0. The second-order valence-electron chi connectivity index (χ2n) is 1.70. The number of aliphatic carboxylic acids is 1. The van der Waals surface area contributed by atoms with Gasteiger partial charge < -0.3 is 5.11 Å². The fourth-order valence-corrected chi connectivity index (χ4v) is 0.586. The zero-order valence-electron chi connectivity index (χ0n) is 6.27. The quantitative estimate of drug-likeness (QED) is 0.414. The van der Waals surface area contributed by atoms with E-state index in [0.717, 1.165) is 5.54 Å². The standard InChI is InChI=1S/C8H8ClNO2/c1-2-10-6-4-7(3-5-9)8(11)12/h2-6H,1H2,(H,11,12)/b5-3+,7-4+,10-6+. The van der Waals surface area contributed by atoms with Gasteiger partial charge >= 0.3 is 5.97 Å². The van der Waals surface area contributed by atoms with E-state index in [1.807, 2.05) is 0 Å². The van der Waals surface area contributed by atoms with Crippen molar-refractivity contribution in [3.05, 3.63) is 36.0 Å². The van der Waals surface area contributed by atoms with Crippen LogP contribution >= 0.6 is 11.6 Å². The van der Waals surface area contributed by atoms with Crippen LogP contribution in [0.5, 0.6) is 0 Å². The van der Waals surface area contributed by atoms with Gasteiger partial charge in [0.05, 0.1) is 5.57 Å². The molecule has 0 aromatic carbocycles. The number of carbonyl (C=O) groups is 1. The monoisotopic (exact) mass is 185 g/mol. The molecular weight excluding hydrogens is 178 g/mol. The second kappa shape index (κ2) is 6.37. The minimum Gasteiger partial charge on any atom is -0.478 e. The summed E-state index contributed by atoms with van der Waals surface area (Å²) in [6.07, 6.45) is 5.22. The molecule has 0 saturated heterocycles. The fraction of sp³-hybridized carbons (Fsp3) is 0. The Labute approximate surface area is 75.4 Å². The van der Waals surface area contributed by atoms with Gasteiger partial charge in [-0.05, 0) is 12.2 Å². The summed E-state index contributed by atoms with van der Waals surface area (Å²) in [7, 11) is 0. The van der Waals surface area contributed by atoms with Gasteiger partial charge in [-0.3, -0.25) is 4.99 Å². The summed E-state index contributed by atoms with van der Waals surface area (Å²) >= 11 is 5.20. The summed E-state index contributed by atoms with van der Waals surface area (Å²) in [6.45, 7) is 3.33. The van der Waals surface area contributed by atoms with Crippen LogP contribution in [0.15, 0.2) is 41.0 Å². The van der Waals surface area contributed by atoms with Gasteiger partial charge in [-0.25, -0.2) is 4.79 Å². The van der Waals surface area contributed by atoms with Crippen molar-refractivity contribution in [2.75, 3.05) is 0 Å². The number of halogens is 1. The van der Waals surface area contributed by atoms with Crippen molar-refractivity contribution in [1.29, 1.82) is 0 Å². The molecule has 12 heavy (non-hydrogen) atoms. The third-order valence-electron chi connectivity index (χ3n) is 0.935. The zero-order chi connectivity index (χ0) is 9.40. The van der Waals surface area contributed by atoms with E-state index in [-0.39, 0.29) is 5.57 Å². The molecule has 0 aromatic heterocycles. The van der Waals surface area contributed by atoms with Gasteiger partial charge in [-0.2, -0.15) is 0 Å². The van der Waals surface area contributed by atoms with Crippen LogP contribution in [0.3, 0.4) is 0 Å². The van der Waals surface area contributed by atoms with Crippen molar-refractivity contribution >= 4 is 23.8 Å². The van der Waals surface area contributed by atoms with Gasteiger partial charge in [0.1, 0.15) is 0 Å². The van der Waals surface area contributed by atoms with Gasteiger partial charge in [0.15, 0.2) is 0 Å². The van der Waals surface area contributed by atoms with E-state index >= 15 is 0 Å². The van der Waals surface area contributed by atoms with Crippen LogP contribution in [-0.2, 0) is 4.79 Å². The maximum atomic E-state index is 10.4. The average molecular weight is 186 g/mol. The largest absolute Gasteiger partial charge is 0.478 e. The van der Waals surface area contributed by atoms with Crippen molar-refractivity contribution in [3.8, 4) is 0 Å². The molecule has 1 N–H and O–H groups in total. The highest BCUT2D eigenvalue weighted by molar-refractivity contribution is 6.25. The molecule has 0 aliphatic carbocycles. The van der Waals surface area contributed by atoms with Crippen molar-refractivity contribution < 1.29 is 9.90 Å². The SMILES string of the molecule is C=C/N=C/C=C(\C=C\Cl)C(=O)O. The summed E-state index contributed by atoms with van der Waals surface area (Å²) in [5.41, 5.74) is 1.19. The molecule has 0 aliphatic heterocycles. The van der Waals surface area contributed by atoms with Gasteiger partial charge in [0.25, 0.3) is 0 Å². The van der Waals surface area contributed by atoms with Gasteiger partial charge in [0.2, 0.25) is 0 Å². The molecular formula is C8H8ClNO2. The molecule has 4 heteroatoms. The second-order valence-corrected chi connectivity index (χ2v) is 1.95. The number of carboxylic acids is 1. The first-order chi connectivity index (χ1) is 5.72. The van der Waals surface area contributed by atoms with E-state index in [2.05, 4.69) is 11.6 Å². The van der Waals surface area contributed by atoms with E-state index in [1.54, 1.807) is 0 Å². The maximum Gasteiger partial charge on any atom is 0.335 e. The average Bonchev–Trinajstić information content (AvgIpc) is 2.03. The number of allylic oxidation sites excluding steroid dienone is 1. The topological polar surface area (TPSA) is 49.7 Å². The van der Waals surface area contributed by atoms with Crippen molar-refractivity contribution in [1.82, 2.24) is 0 Å². The lowest BCUT2D eigenvalue weighted by Crippen LogP contribution is -1.97. The predicted molar refractivity (Wildman–Crippen MR) is 49.4 cm³/mol. The predicted octanol–water partition coefficient (Wildman–Crippen LogP) is 1.96. The first-order valence-corrected chi connectivity index (χ1v) is 3.50. The summed E-state index contributed by atoms with van der Waals surface area (Å²) in [5.74, 6) is -1.05. The Bertz CT molecular complexity index is 254. The van der Waals surface area contributed by atoms with E-state index in [1.165, 1.54) is 24.6 Å². The van der Waals surface area contributed by atoms with Crippen LogP contribution in [0.2, 0.25) is 0 Å². The van der Waals surface area contributed by atoms with E-state index in [0.29, 0.717) is 0 Å². The minimum absolute atomic E-state index is 0.0654. The van der Waals surface area contributed by atoms with Crippen LogP contribution < -0.4 is 0 Å². The number of aliphatic imine (C=N–C) groups is 1. The molecule has 0 radical (unpaired) electrons. The maximum absolute atomic E-state index is 10.4. The van der Waals surface area contributed by atoms with Crippen molar-refractivity contribution in [2.45, 2.75) is 0 Å². The van der Waals surface area contributed by atoms with Gasteiger partial charge in [-0.1, -0.05) is 18.2 Å². The number of rotatable bonds is 4. The molecule has 0 atom stereocenters. The molecule has 0 unspecified atom stereocenters. The lowest BCUT2D eigenvalue weighted by Gasteiger charge is -1.88. The van der Waals surface area contributed by atoms with Crippen molar-refractivity contribution in [2.24, 2.45) is 4.99 Å². The Kier molecular flexibility index (Phi) is 5.65. The molecule has 0 spiro atoms. The van der Waals surface area contributed by atoms with E-state index in [4.69, 9.17) is 16.7 Å². The highest BCUT2D eigenvalue weighted by Gasteiger charge is 1.99. The molecule has 0 rings (SSSR count). The van der Waals surface area contributed by atoms with Gasteiger partial charge in [0, 0.05) is 17.9 Å². The molecule has 0 aromatic rings. The highest BCUT2D eigenvalue weighted by atomic mass is 35.5. The Balaban J connectivity index is 4.49. The molecule has 0 amide bonds. The third-order valence-corrected chi connectivity index (χ3v) is 1.06. The highest BCUT2D eigenvalue weighted by Crippen LogP contribution is 1.97. The molecule has 64 valence electrons. The van der Waals surface area contributed by atoms with E-state index < -0.39 is 5.97 Å². The normalized spacial score (nSPS) is 12.6. The van der Waals surface area contributed by atoms with E-state index in [9.17, 15) is 4.79 Å². The zero-order valence-corrected chi connectivity index (χ0v) is 7.03. The molecule has 0 bridgehead atoms. The van der Waals surface area contributed by atoms with Gasteiger partial charge in [-0.15, -0.1) is 0 Å². The lowest BCUT2D eigenvalue weighted by atomic mass is 10.2. The molecule has 0 heterocycles. The minimum atomic E-state index is -1.05. The number of hydrogen-bond donors (Lipinski definition) is 1. The first-order valence-electron chi connectivity index (χ1n) is 3.06. The fourth-order valence-electron chi connectivity index (χ4n) is 0.450. The number of hydrogen-bond acceptors (Lipinski definition) is 2.